The van der Waals surface area contributed by atoms with Crippen LogP contribution in [-0.4, -0.2) is 37.8 Å². The van der Waals surface area contributed by atoms with E-state index in [4.69, 9.17) is 5.73 Å². The van der Waals surface area contributed by atoms with Crippen molar-refractivity contribution in [2.75, 3.05) is 18.0 Å². The molecule has 2 aromatic heterocycles. The predicted octanol–water partition coefficient (Wildman–Crippen LogP) is -0.0627. The number of hydrogen-bond donors (Lipinski definition) is 1. The number of aryl methyl sites for hydroxylation is 1. The Kier molecular flexibility index (Phi) is 4.31. The lowest BCUT2D eigenvalue weighted by atomic mass is 10.1. The molecular weight excluding hydrogens is 308 g/mol. The molecule has 24 heavy (non-hydrogen) atoms. The van der Waals surface area contributed by atoms with E-state index in [1.807, 2.05) is 23.6 Å². The minimum atomic E-state index is -0.370. The van der Waals surface area contributed by atoms with E-state index < -0.39 is 0 Å². The molecule has 0 aliphatic carbocycles. The van der Waals surface area contributed by atoms with Crippen molar-refractivity contribution < 1.29 is 0 Å². The van der Waals surface area contributed by atoms with Crippen molar-refractivity contribution >= 4 is 17.1 Å². The van der Waals surface area contributed by atoms with Gasteiger partial charge in [0, 0.05) is 39.8 Å². The van der Waals surface area contributed by atoms with Crippen LogP contribution in [-0.2, 0) is 20.6 Å². The molecule has 0 amide bonds. The van der Waals surface area contributed by atoms with Crippen LogP contribution in [0.2, 0.25) is 0 Å². The second kappa shape index (κ2) is 6.27. The standard InChI is InChI=1S/C16H24N6O2/c1-4-5-9-22-12-13(19(2)16(24)20(3)14(12)23)18-15(22)21-8-6-7-11(17)10-21/h4-5,11H,6-10,17H2,1-3H3/b5-4+. The van der Waals surface area contributed by atoms with E-state index in [1.165, 1.54) is 11.6 Å². The molecule has 3 heterocycles. The fourth-order valence-corrected chi connectivity index (χ4v) is 3.25. The molecule has 2 aromatic rings. The molecule has 0 saturated carbocycles. The van der Waals surface area contributed by atoms with Gasteiger partial charge in [-0.25, -0.2) is 4.79 Å². The van der Waals surface area contributed by atoms with Gasteiger partial charge in [-0.15, -0.1) is 0 Å². The summed E-state index contributed by atoms with van der Waals surface area (Å²) < 4.78 is 4.44. The molecule has 2 N–H and O–H groups in total. The minimum Gasteiger partial charge on any atom is -0.341 e. The number of imidazole rings is 1. The molecule has 1 fully saturated rings. The summed E-state index contributed by atoms with van der Waals surface area (Å²) in [6.45, 7) is 4.01. The highest BCUT2D eigenvalue weighted by Gasteiger charge is 2.25. The molecule has 3 rings (SSSR count). The number of nitrogens with two attached hydrogens (primary N) is 1. The smallest absolute Gasteiger partial charge is 0.332 e. The molecule has 1 unspecified atom stereocenters. The van der Waals surface area contributed by atoms with Gasteiger partial charge in [-0.3, -0.25) is 13.9 Å². The van der Waals surface area contributed by atoms with E-state index >= 15 is 0 Å². The average Bonchev–Trinajstić information content (AvgIpc) is 2.95. The average molecular weight is 332 g/mol. The van der Waals surface area contributed by atoms with Gasteiger partial charge >= 0.3 is 5.69 Å². The lowest BCUT2D eigenvalue weighted by Gasteiger charge is -2.31. The second-order valence-corrected chi connectivity index (χ2v) is 6.32. The maximum absolute atomic E-state index is 12.7. The Bertz CT molecular complexity index is 904. The van der Waals surface area contributed by atoms with Crippen molar-refractivity contribution in [3.63, 3.8) is 0 Å². The number of piperidine rings is 1. The lowest BCUT2D eigenvalue weighted by Crippen LogP contribution is -2.44. The second-order valence-electron chi connectivity index (χ2n) is 6.32. The molecule has 0 aromatic carbocycles. The number of rotatable bonds is 3. The monoisotopic (exact) mass is 332 g/mol. The molecule has 1 saturated heterocycles. The van der Waals surface area contributed by atoms with Gasteiger partial charge in [-0.2, -0.15) is 4.98 Å². The summed E-state index contributed by atoms with van der Waals surface area (Å²) in [5.74, 6) is 0.705. The number of anilines is 1. The molecule has 8 nitrogen and oxygen atoms in total. The first kappa shape index (κ1) is 16.5. The predicted molar refractivity (Wildman–Crippen MR) is 94.5 cm³/mol. The first-order chi connectivity index (χ1) is 11.5. The van der Waals surface area contributed by atoms with Crippen molar-refractivity contribution in [1.29, 1.82) is 0 Å². The summed E-state index contributed by atoms with van der Waals surface area (Å²) in [4.78, 5) is 31.6. The van der Waals surface area contributed by atoms with Crippen LogP contribution in [0.1, 0.15) is 19.8 Å². The Hall–Kier alpha value is -2.35. The zero-order valence-electron chi connectivity index (χ0n) is 14.4. The van der Waals surface area contributed by atoms with Crippen LogP contribution in [0.4, 0.5) is 5.95 Å². The molecule has 130 valence electrons. The minimum absolute atomic E-state index is 0.0976. The maximum Gasteiger partial charge on any atom is 0.332 e. The third-order valence-corrected chi connectivity index (χ3v) is 4.59. The number of nitrogens with zero attached hydrogens (tertiary/aromatic N) is 5. The zero-order valence-corrected chi connectivity index (χ0v) is 14.4. The van der Waals surface area contributed by atoms with Crippen LogP contribution in [0.15, 0.2) is 21.7 Å². The number of fused-ring (bicyclic) bond motifs is 1. The van der Waals surface area contributed by atoms with E-state index in [0.717, 1.165) is 24.0 Å². The van der Waals surface area contributed by atoms with Gasteiger partial charge < -0.3 is 15.2 Å². The van der Waals surface area contributed by atoms with Crippen LogP contribution in [0.3, 0.4) is 0 Å². The molecule has 0 radical (unpaired) electrons. The quantitative estimate of drug-likeness (QED) is 0.795. The Labute approximate surface area is 139 Å². The van der Waals surface area contributed by atoms with Crippen LogP contribution in [0.25, 0.3) is 11.2 Å². The van der Waals surface area contributed by atoms with Gasteiger partial charge in [0.25, 0.3) is 5.56 Å². The highest BCUT2D eigenvalue weighted by atomic mass is 16.2. The van der Waals surface area contributed by atoms with E-state index in [0.29, 0.717) is 30.2 Å². The number of hydrogen-bond acceptors (Lipinski definition) is 5. The first-order valence-electron chi connectivity index (χ1n) is 8.23. The van der Waals surface area contributed by atoms with E-state index in [1.54, 1.807) is 7.05 Å². The third-order valence-electron chi connectivity index (χ3n) is 4.59. The summed E-state index contributed by atoms with van der Waals surface area (Å²) in [7, 11) is 3.14. The number of allylic oxidation sites excluding steroid dienone is 2. The normalized spacial score (nSPS) is 18.8. The van der Waals surface area contributed by atoms with Gasteiger partial charge in [-0.05, 0) is 19.8 Å². The molecular formula is C16H24N6O2. The van der Waals surface area contributed by atoms with Crippen molar-refractivity contribution in [2.24, 2.45) is 19.8 Å². The van der Waals surface area contributed by atoms with Gasteiger partial charge in [0.15, 0.2) is 11.2 Å². The zero-order chi connectivity index (χ0) is 17.4. The van der Waals surface area contributed by atoms with Gasteiger partial charge in [0.1, 0.15) is 0 Å². The highest BCUT2D eigenvalue weighted by molar-refractivity contribution is 5.74. The van der Waals surface area contributed by atoms with Crippen molar-refractivity contribution in [1.82, 2.24) is 18.7 Å². The molecule has 1 atom stereocenters. The molecule has 0 bridgehead atoms. The van der Waals surface area contributed by atoms with Gasteiger partial charge in [0.2, 0.25) is 5.95 Å². The summed E-state index contributed by atoms with van der Waals surface area (Å²) in [6, 6.07) is 0.0976. The van der Waals surface area contributed by atoms with E-state index in [2.05, 4.69) is 9.88 Å². The molecule has 8 heteroatoms. The topological polar surface area (TPSA) is 91.1 Å². The van der Waals surface area contributed by atoms with Crippen molar-refractivity contribution in [2.45, 2.75) is 32.4 Å². The van der Waals surface area contributed by atoms with Crippen LogP contribution >= 0.6 is 0 Å². The maximum atomic E-state index is 12.7. The van der Waals surface area contributed by atoms with Crippen molar-refractivity contribution in [3.8, 4) is 0 Å². The molecule has 1 aliphatic rings. The van der Waals surface area contributed by atoms with Crippen LogP contribution < -0.4 is 21.9 Å². The van der Waals surface area contributed by atoms with E-state index in [-0.39, 0.29) is 17.3 Å². The summed E-state index contributed by atoms with van der Waals surface area (Å²) in [5, 5.41) is 0. The molecule has 1 aliphatic heterocycles. The summed E-state index contributed by atoms with van der Waals surface area (Å²) in [5.41, 5.74) is 6.28. The largest absolute Gasteiger partial charge is 0.341 e. The summed E-state index contributed by atoms with van der Waals surface area (Å²) in [6.07, 6.45) is 5.89. The fraction of sp³-hybridized carbons (Fsp3) is 0.562. The summed E-state index contributed by atoms with van der Waals surface area (Å²) >= 11 is 0. The Morgan fingerprint density at radius 1 is 1.29 bits per heavy atom. The Balaban J connectivity index is 2.28. The third kappa shape index (κ3) is 2.56. The van der Waals surface area contributed by atoms with Crippen LogP contribution in [0, 0.1) is 0 Å². The lowest BCUT2D eigenvalue weighted by molar-refractivity contribution is 0.495. The fourth-order valence-electron chi connectivity index (χ4n) is 3.25. The Morgan fingerprint density at radius 3 is 2.71 bits per heavy atom. The highest BCUT2D eigenvalue weighted by Crippen LogP contribution is 2.22. The Morgan fingerprint density at radius 2 is 2.04 bits per heavy atom. The first-order valence-corrected chi connectivity index (χ1v) is 8.23. The molecule has 0 spiro atoms. The van der Waals surface area contributed by atoms with E-state index in [9.17, 15) is 9.59 Å². The SMILES string of the molecule is C/C=C/Cn1c(N2CCCC(N)C2)nc2c1c(=O)n(C)c(=O)n2C. The van der Waals surface area contributed by atoms with Gasteiger partial charge in [0.05, 0.1) is 0 Å². The van der Waals surface area contributed by atoms with Crippen LogP contribution in [0.5, 0.6) is 0 Å². The van der Waals surface area contributed by atoms with Gasteiger partial charge in [-0.1, -0.05) is 12.2 Å². The van der Waals surface area contributed by atoms with Crippen molar-refractivity contribution in [3.05, 3.63) is 33.0 Å². The number of aromatic nitrogens is 4.